The summed E-state index contributed by atoms with van der Waals surface area (Å²) in [5.41, 5.74) is 2.03. The number of thioether (sulfide) groups is 1. The van der Waals surface area contributed by atoms with Crippen molar-refractivity contribution in [3.8, 4) is 5.69 Å². The number of halogens is 1. The second-order valence-corrected chi connectivity index (χ2v) is 6.55. The van der Waals surface area contributed by atoms with Crippen LogP contribution in [-0.2, 0) is 22.6 Å². The molecule has 3 rings (SSSR count). The average Bonchev–Trinajstić information content (AvgIpc) is 3.08. The summed E-state index contributed by atoms with van der Waals surface area (Å²) in [7, 11) is 0. The van der Waals surface area contributed by atoms with E-state index in [1.165, 1.54) is 17.3 Å². The topological polar surface area (TPSA) is 57.0 Å². The summed E-state index contributed by atoms with van der Waals surface area (Å²) in [5, 5.41) is 10.6. The Morgan fingerprint density at radius 3 is 2.62 bits per heavy atom. The third kappa shape index (κ3) is 3.58. The number of hydrogen-bond acceptors (Lipinski definition) is 5. The number of aryl methyl sites for hydroxylation is 1. The molecule has 0 saturated carbocycles. The number of alkyl halides is 1. The molecule has 0 fully saturated rings. The van der Waals surface area contributed by atoms with Gasteiger partial charge in [-0.15, -0.1) is 10.2 Å². The molecule has 0 amide bonds. The van der Waals surface area contributed by atoms with E-state index in [9.17, 15) is 9.18 Å². The number of fused-ring (bicyclic) bond motifs is 1. The van der Waals surface area contributed by atoms with E-state index in [0.717, 1.165) is 22.9 Å². The van der Waals surface area contributed by atoms with Gasteiger partial charge in [0.15, 0.2) is 11.0 Å². The minimum atomic E-state index is -0.739. The molecule has 0 radical (unpaired) electrons. The van der Waals surface area contributed by atoms with Crippen LogP contribution in [0.2, 0.25) is 0 Å². The van der Waals surface area contributed by atoms with Crippen molar-refractivity contribution in [2.75, 3.05) is 12.4 Å². The fourth-order valence-electron chi connectivity index (χ4n) is 2.90. The van der Waals surface area contributed by atoms with Gasteiger partial charge in [0.1, 0.15) is 6.67 Å². The van der Waals surface area contributed by atoms with Gasteiger partial charge in [0.2, 0.25) is 0 Å². The van der Waals surface area contributed by atoms with Gasteiger partial charge in [-0.05, 0) is 30.4 Å². The van der Waals surface area contributed by atoms with Crippen molar-refractivity contribution >= 4 is 28.5 Å². The number of hydrogen-bond donors (Lipinski definition) is 0. The summed E-state index contributed by atoms with van der Waals surface area (Å²) >= 11 is 1.19. The lowest BCUT2D eigenvalue weighted by Crippen LogP contribution is -2.08. The molecule has 1 aromatic heterocycles. The molecule has 0 aliphatic rings. The Balaban J connectivity index is 2.08. The van der Waals surface area contributed by atoms with Gasteiger partial charge in [0.05, 0.1) is 18.0 Å². The minimum absolute atomic E-state index is 0.100. The molecule has 26 heavy (non-hydrogen) atoms. The molecule has 5 nitrogen and oxygen atoms in total. The number of ether oxygens (including phenoxy) is 1. The van der Waals surface area contributed by atoms with Crippen LogP contribution in [0.1, 0.15) is 25.2 Å². The van der Waals surface area contributed by atoms with Crippen LogP contribution in [0.15, 0.2) is 41.6 Å². The molecular weight excluding hydrogens is 353 g/mol. The summed E-state index contributed by atoms with van der Waals surface area (Å²) < 4.78 is 20.2. The van der Waals surface area contributed by atoms with Gasteiger partial charge in [0.25, 0.3) is 0 Å². The van der Waals surface area contributed by atoms with Gasteiger partial charge in [-0.3, -0.25) is 9.36 Å². The van der Waals surface area contributed by atoms with Crippen molar-refractivity contribution in [1.82, 2.24) is 14.8 Å². The first-order valence-corrected chi connectivity index (χ1v) is 9.47. The quantitative estimate of drug-likeness (QED) is 0.461. The van der Waals surface area contributed by atoms with Crippen molar-refractivity contribution in [1.29, 1.82) is 0 Å². The van der Waals surface area contributed by atoms with Gasteiger partial charge in [-0.2, -0.15) is 0 Å². The molecule has 136 valence electrons. The predicted molar refractivity (Wildman–Crippen MR) is 100 cm³/mol. The SMILES string of the molecule is CCOC(=O)CSc1nnc(CF)n1-c1ccc(CC)c2ccccc12. The van der Waals surface area contributed by atoms with Crippen molar-refractivity contribution in [2.45, 2.75) is 32.1 Å². The second kappa shape index (κ2) is 8.31. The number of nitrogens with zero attached hydrogens (tertiary/aromatic N) is 3. The van der Waals surface area contributed by atoms with E-state index in [1.54, 1.807) is 11.5 Å². The van der Waals surface area contributed by atoms with Gasteiger partial charge in [-0.1, -0.05) is 49.0 Å². The van der Waals surface area contributed by atoms with Crippen molar-refractivity contribution in [3.63, 3.8) is 0 Å². The van der Waals surface area contributed by atoms with E-state index in [1.807, 2.05) is 30.3 Å². The maximum absolute atomic E-state index is 13.5. The zero-order valence-electron chi connectivity index (χ0n) is 14.7. The average molecular weight is 373 g/mol. The lowest BCUT2D eigenvalue weighted by Gasteiger charge is -2.14. The lowest BCUT2D eigenvalue weighted by atomic mass is 10.0. The highest BCUT2D eigenvalue weighted by atomic mass is 32.2. The van der Waals surface area contributed by atoms with Gasteiger partial charge >= 0.3 is 5.97 Å². The van der Waals surface area contributed by atoms with Gasteiger partial charge in [-0.25, -0.2) is 4.39 Å². The van der Waals surface area contributed by atoms with E-state index in [0.29, 0.717) is 11.8 Å². The van der Waals surface area contributed by atoms with E-state index < -0.39 is 6.67 Å². The third-order valence-corrected chi connectivity index (χ3v) is 4.96. The molecule has 0 N–H and O–H groups in total. The number of aromatic nitrogens is 3. The minimum Gasteiger partial charge on any atom is -0.465 e. The molecule has 7 heteroatoms. The zero-order chi connectivity index (χ0) is 18.5. The summed E-state index contributed by atoms with van der Waals surface area (Å²) in [5.74, 6) is -0.0192. The van der Waals surface area contributed by atoms with Crippen molar-refractivity contribution in [2.24, 2.45) is 0 Å². The maximum atomic E-state index is 13.5. The first-order valence-electron chi connectivity index (χ1n) is 8.49. The monoisotopic (exact) mass is 373 g/mol. The summed E-state index contributed by atoms with van der Waals surface area (Å²) in [6.45, 7) is 3.45. The molecule has 0 bridgehead atoms. The Morgan fingerprint density at radius 1 is 1.15 bits per heavy atom. The van der Waals surface area contributed by atoms with Crippen LogP contribution in [0.4, 0.5) is 4.39 Å². The molecule has 3 aromatic rings. The first kappa shape index (κ1) is 18.4. The fraction of sp³-hybridized carbons (Fsp3) is 0.316. The van der Waals surface area contributed by atoms with E-state index in [4.69, 9.17) is 4.74 Å². The normalized spacial score (nSPS) is 11.0. The van der Waals surface area contributed by atoms with Crippen LogP contribution >= 0.6 is 11.8 Å². The molecule has 0 spiro atoms. The second-order valence-electron chi connectivity index (χ2n) is 5.60. The van der Waals surface area contributed by atoms with Crippen molar-refractivity contribution in [3.05, 3.63) is 47.8 Å². The predicted octanol–water partition coefficient (Wildman–Crippen LogP) is 4.11. The Morgan fingerprint density at radius 2 is 1.92 bits per heavy atom. The number of carbonyl (C=O) groups is 1. The van der Waals surface area contributed by atoms with Gasteiger partial charge in [0, 0.05) is 5.39 Å². The molecule has 0 unspecified atom stereocenters. The van der Waals surface area contributed by atoms with Crippen LogP contribution in [0.5, 0.6) is 0 Å². The van der Waals surface area contributed by atoms with Crippen LogP contribution in [0.3, 0.4) is 0 Å². The Hall–Kier alpha value is -2.41. The first-order chi connectivity index (χ1) is 12.7. The van der Waals surface area contributed by atoms with Gasteiger partial charge < -0.3 is 4.74 Å². The number of esters is 1. The maximum Gasteiger partial charge on any atom is 0.316 e. The van der Waals surface area contributed by atoms with Crippen LogP contribution in [0, 0.1) is 0 Å². The standard InChI is InChI=1S/C19H20FN3O2S/c1-3-13-9-10-16(15-8-6-5-7-14(13)15)23-17(11-20)21-22-19(23)26-12-18(24)25-4-2/h5-10H,3-4,11-12H2,1-2H3. The Labute approximate surface area is 155 Å². The number of benzene rings is 2. The van der Waals surface area contributed by atoms with Crippen molar-refractivity contribution < 1.29 is 13.9 Å². The number of carbonyl (C=O) groups excluding carboxylic acids is 1. The molecule has 1 heterocycles. The van der Waals surface area contributed by atoms with E-state index in [-0.39, 0.29) is 17.5 Å². The number of rotatable bonds is 7. The smallest absolute Gasteiger partial charge is 0.316 e. The third-order valence-electron chi connectivity index (χ3n) is 4.06. The summed E-state index contributed by atoms with van der Waals surface area (Å²) in [6.07, 6.45) is 0.906. The molecule has 0 atom stereocenters. The van der Waals surface area contributed by atoms with E-state index >= 15 is 0 Å². The van der Waals surface area contributed by atoms with Crippen LogP contribution < -0.4 is 0 Å². The molecular formula is C19H20FN3O2S. The highest BCUT2D eigenvalue weighted by Crippen LogP contribution is 2.30. The molecule has 0 saturated heterocycles. The lowest BCUT2D eigenvalue weighted by molar-refractivity contribution is -0.139. The largest absolute Gasteiger partial charge is 0.465 e. The fourth-order valence-corrected chi connectivity index (χ4v) is 3.66. The Bertz CT molecular complexity index is 926. The Kier molecular flexibility index (Phi) is 5.88. The highest BCUT2D eigenvalue weighted by Gasteiger charge is 2.18. The molecule has 0 aliphatic carbocycles. The van der Waals surface area contributed by atoms with Crippen LogP contribution in [0.25, 0.3) is 16.5 Å². The highest BCUT2D eigenvalue weighted by molar-refractivity contribution is 7.99. The zero-order valence-corrected chi connectivity index (χ0v) is 15.6. The molecule has 2 aromatic carbocycles. The van der Waals surface area contributed by atoms with E-state index in [2.05, 4.69) is 23.2 Å². The summed E-state index contributed by atoms with van der Waals surface area (Å²) in [4.78, 5) is 11.7. The van der Waals surface area contributed by atoms with Crippen LogP contribution in [-0.4, -0.2) is 33.1 Å². The molecule has 0 aliphatic heterocycles. The summed E-state index contributed by atoms with van der Waals surface area (Å²) in [6, 6.07) is 12.0.